The molecule has 7 heteroatoms. The molecule has 0 N–H and O–H groups in total. The van der Waals surface area contributed by atoms with Crippen LogP contribution >= 0.6 is 0 Å². The van der Waals surface area contributed by atoms with E-state index in [0.29, 0.717) is 18.8 Å². The van der Waals surface area contributed by atoms with E-state index >= 15 is 0 Å². The molecule has 0 fully saturated rings. The lowest BCUT2D eigenvalue weighted by Crippen LogP contribution is -2.32. The molecular weight excluding hydrogens is 368 g/mol. The second kappa shape index (κ2) is 7.31. The Hall–Kier alpha value is -3.22. The van der Waals surface area contributed by atoms with Crippen molar-refractivity contribution in [2.45, 2.75) is 39.4 Å². The summed E-state index contributed by atoms with van der Waals surface area (Å²) in [7, 11) is 1.61. The fourth-order valence-electron chi connectivity index (χ4n) is 3.50. The third-order valence-electron chi connectivity index (χ3n) is 4.99. The number of amides is 1. The third kappa shape index (κ3) is 3.72. The van der Waals surface area contributed by atoms with Crippen molar-refractivity contribution in [3.63, 3.8) is 0 Å². The van der Waals surface area contributed by atoms with Crippen LogP contribution in [0.5, 0.6) is 11.5 Å². The van der Waals surface area contributed by atoms with Gasteiger partial charge in [0.2, 0.25) is 0 Å². The summed E-state index contributed by atoms with van der Waals surface area (Å²) in [4.78, 5) is 14.5. The molecular formula is C22H26N4O3. The Labute approximate surface area is 170 Å². The lowest BCUT2D eigenvalue weighted by atomic mass is 10.1. The number of rotatable bonds is 5. The van der Waals surface area contributed by atoms with Gasteiger partial charge in [-0.3, -0.25) is 4.79 Å². The highest BCUT2D eigenvalue weighted by atomic mass is 16.5. The zero-order chi connectivity index (χ0) is 20.6. The average molecular weight is 394 g/mol. The number of aromatic nitrogens is 3. The normalized spacial score (nSPS) is 13.4. The van der Waals surface area contributed by atoms with Crippen LogP contribution in [0.2, 0.25) is 0 Å². The van der Waals surface area contributed by atoms with E-state index in [1.165, 1.54) is 0 Å². The van der Waals surface area contributed by atoms with Gasteiger partial charge < -0.3 is 18.9 Å². The van der Waals surface area contributed by atoms with Gasteiger partial charge in [0.05, 0.1) is 31.4 Å². The summed E-state index contributed by atoms with van der Waals surface area (Å²) in [6.45, 7) is 7.42. The van der Waals surface area contributed by atoms with Crippen LogP contribution in [0.15, 0.2) is 48.8 Å². The third-order valence-corrected chi connectivity index (χ3v) is 4.99. The van der Waals surface area contributed by atoms with Crippen molar-refractivity contribution in [2.75, 3.05) is 13.7 Å². The van der Waals surface area contributed by atoms with Gasteiger partial charge in [-0.25, -0.2) is 4.68 Å². The van der Waals surface area contributed by atoms with Crippen LogP contribution in [-0.4, -0.2) is 38.9 Å². The first-order chi connectivity index (χ1) is 13.9. The Morgan fingerprint density at radius 2 is 1.72 bits per heavy atom. The zero-order valence-corrected chi connectivity index (χ0v) is 17.3. The fourth-order valence-corrected chi connectivity index (χ4v) is 3.50. The van der Waals surface area contributed by atoms with Crippen LogP contribution in [0.1, 0.15) is 32.0 Å². The Bertz CT molecular complexity index is 998. The minimum absolute atomic E-state index is 0.00523. The first kappa shape index (κ1) is 19.1. The first-order valence-electron chi connectivity index (χ1n) is 9.66. The predicted octanol–water partition coefficient (Wildman–Crippen LogP) is 3.36. The van der Waals surface area contributed by atoms with Crippen LogP contribution in [-0.2, 0) is 23.4 Å². The Morgan fingerprint density at radius 1 is 1.07 bits per heavy atom. The Morgan fingerprint density at radius 3 is 2.34 bits per heavy atom. The number of ether oxygens (including phenoxy) is 2. The molecule has 1 amide bonds. The average Bonchev–Trinajstić information content (AvgIpc) is 3.41. The number of hydrogen-bond acceptors (Lipinski definition) is 4. The highest BCUT2D eigenvalue weighted by molar-refractivity contribution is 5.78. The number of methoxy groups -OCH3 is 1. The van der Waals surface area contributed by atoms with E-state index in [0.717, 1.165) is 22.8 Å². The van der Waals surface area contributed by atoms with Crippen LogP contribution < -0.4 is 9.47 Å². The minimum atomic E-state index is -0.156. The molecule has 4 rings (SSSR count). The second-order valence-corrected chi connectivity index (χ2v) is 8.14. The minimum Gasteiger partial charge on any atom is -0.497 e. The molecule has 3 aromatic rings. The van der Waals surface area contributed by atoms with Crippen LogP contribution in [0, 0.1) is 0 Å². The zero-order valence-electron chi connectivity index (χ0n) is 17.3. The van der Waals surface area contributed by atoms with Gasteiger partial charge >= 0.3 is 0 Å². The molecule has 0 saturated carbocycles. The monoisotopic (exact) mass is 394 g/mol. The summed E-state index contributed by atoms with van der Waals surface area (Å²) in [5.41, 5.74) is 1.88. The number of benzene rings is 1. The topological polar surface area (TPSA) is 61.5 Å². The lowest BCUT2D eigenvalue weighted by molar-refractivity contribution is -0.134. The van der Waals surface area contributed by atoms with Gasteiger partial charge in [-0.15, -0.1) is 0 Å². The highest BCUT2D eigenvalue weighted by Gasteiger charge is 2.33. The van der Waals surface area contributed by atoms with Crippen molar-refractivity contribution >= 4 is 5.91 Å². The van der Waals surface area contributed by atoms with Crippen LogP contribution in [0.3, 0.4) is 0 Å². The van der Waals surface area contributed by atoms with Gasteiger partial charge in [-0.05, 0) is 57.2 Å². The van der Waals surface area contributed by atoms with E-state index in [-0.39, 0.29) is 18.1 Å². The van der Waals surface area contributed by atoms with Gasteiger partial charge in [0.1, 0.15) is 17.3 Å². The lowest BCUT2D eigenvalue weighted by Gasteiger charge is -2.24. The van der Waals surface area contributed by atoms with Crippen molar-refractivity contribution in [2.24, 2.45) is 0 Å². The van der Waals surface area contributed by atoms with Crippen molar-refractivity contribution in [3.8, 4) is 17.3 Å². The molecule has 1 aromatic carbocycles. The predicted molar refractivity (Wildman–Crippen MR) is 109 cm³/mol. The number of carbonyl (C=O) groups excluding carboxylic acids is 1. The van der Waals surface area contributed by atoms with Crippen molar-refractivity contribution in [3.05, 3.63) is 60.0 Å². The van der Waals surface area contributed by atoms with E-state index in [9.17, 15) is 4.79 Å². The molecule has 3 heterocycles. The molecule has 0 bridgehead atoms. The molecule has 0 radical (unpaired) electrons. The number of carbonyl (C=O) groups is 1. The maximum atomic E-state index is 12.7. The van der Waals surface area contributed by atoms with Crippen LogP contribution in [0.25, 0.3) is 5.82 Å². The van der Waals surface area contributed by atoms with Gasteiger partial charge in [-0.1, -0.05) is 0 Å². The molecule has 0 spiro atoms. The molecule has 1 aliphatic heterocycles. The number of nitrogens with zero attached hydrogens (tertiary/aromatic N) is 4. The molecule has 0 saturated heterocycles. The summed E-state index contributed by atoms with van der Waals surface area (Å²) >= 11 is 0. The molecule has 0 atom stereocenters. The van der Waals surface area contributed by atoms with E-state index in [1.54, 1.807) is 24.1 Å². The smallest absolute Gasteiger partial charge is 0.261 e. The van der Waals surface area contributed by atoms with Crippen molar-refractivity contribution in [1.29, 1.82) is 0 Å². The van der Waals surface area contributed by atoms with Gasteiger partial charge in [-0.2, -0.15) is 5.10 Å². The summed E-state index contributed by atoms with van der Waals surface area (Å²) < 4.78 is 14.9. The number of fused-ring (bicyclic) bond motifs is 1. The molecule has 152 valence electrons. The van der Waals surface area contributed by atoms with E-state index in [4.69, 9.17) is 14.6 Å². The Kier molecular flexibility index (Phi) is 4.82. The van der Waals surface area contributed by atoms with Crippen molar-refractivity contribution < 1.29 is 14.3 Å². The first-order valence-corrected chi connectivity index (χ1v) is 9.66. The van der Waals surface area contributed by atoms with Gasteiger partial charge in [0.25, 0.3) is 5.91 Å². The van der Waals surface area contributed by atoms with Crippen LogP contribution in [0.4, 0.5) is 0 Å². The molecule has 29 heavy (non-hydrogen) atoms. The molecule has 0 aliphatic carbocycles. The molecule has 0 unspecified atom stereocenters. The summed E-state index contributed by atoms with van der Waals surface area (Å²) in [5, 5.41) is 4.84. The Balaban J connectivity index is 1.49. The maximum Gasteiger partial charge on any atom is 0.261 e. The SMILES string of the molecule is COc1ccc(OCC(=O)N2Cc3nn(C(C)(C)C)c(-n4cccc4)c3C2)cc1. The molecule has 1 aliphatic rings. The maximum absolute atomic E-state index is 12.7. The quantitative estimate of drug-likeness (QED) is 0.666. The fraction of sp³-hybridized carbons (Fsp3) is 0.364. The van der Waals surface area contributed by atoms with E-state index in [1.807, 2.05) is 41.3 Å². The summed E-state index contributed by atoms with van der Waals surface area (Å²) in [6.07, 6.45) is 4.02. The van der Waals surface area contributed by atoms with Gasteiger partial charge in [0, 0.05) is 18.0 Å². The molecule has 7 nitrogen and oxygen atoms in total. The van der Waals surface area contributed by atoms with Gasteiger partial charge in [0.15, 0.2) is 6.61 Å². The summed E-state index contributed by atoms with van der Waals surface area (Å²) in [5.74, 6) is 2.35. The highest BCUT2D eigenvalue weighted by Crippen LogP contribution is 2.32. The largest absolute Gasteiger partial charge is 0.497 e. The second-order valence-electron chi connectivity index (χ2n) is 8.14. The van der Waals surface area contributed by atoms with E-state index in [2.05, 4.69) is 25.3 Å². The standard InChI is InChI=1S/C22H26N4O3/c1-22(2,3)26-21(24-11-5-6-12-24)18-13-25(14-19(18)23-26)20(27)15-29-17-9-7-16(28-4)8-10-17/h5-12H,13-15H2,1-4H3. The van der Waals surface area contributed by atoms with Crippen molar-refractivity contribution in [1.82, 2.24) is 19.2 Å². The molecule has 2 aromatic heterocycles. The summed E-state index contributed by atoms with van der Waals surface area (Å²) in [6, 6.07) is 11.2. The number of hydrogen-bond donors (Lipinski definition) is 0. The van der Waals surface area contributed by atoms with E-state index < -0.39 is 0 Å².